The van der Waals surface area contributed by atoms with Crippen molar-refractivity contribution in [2.45, 2.75) is 11.8 Å². The number of amides is 2. The maximum atomic E-state index is 13.0. The van der Waals surface area contributed by atoms with Gasteiger partial charge in [-0.15, -0.1) is 0 Å². The van der Waals surface area contributed by atoms with E-state index in [-0.39, 0.29) is 16.3 Å². The second-order valence-electron chi connectivity index (χ2n) is 6.12. The molecule has 3 aromatic rings. The number of halogens is 1. The Labute approximate surface area is 183 Å². The number of para-hydroxylation sites is 3. The van der Waals surface area contributed by atoms with Crippen LogP contribution < -0.4 is 20.1 Å². The summed E-state index contributed by atoms with van der Waals surface area (Å²) in [6.45, 7) is 2.10. The SMILES string of the molecule is CCOc1ccc(Br)cc1S(=O)(=O)Nc1ccccc1NC(=O)Nc1ccccc1. The summed E-state index contributed by atoms with van der Waals surface area (Å²) in [6.07, 6.45) is 0. The van der Waals surface area contributed by atoms with Crippen molar-refractivity contribution in [3.63, 3.8) is 0 Å². The summed E-state index contributed by atoms with van der Waals surface area (Å²) >= 11 is 3.29. The number of nitrogens with one attached hydrogen (secondary N) is 3. The highest BCUT2D eigenvalue weighted by Gasteiger charge is 2.22. The molecule has 3 aromatic carbocycles. The van der Waals surface area contributed by atoms with Crippen molar-refractivity contribution >= 4 is 49.0 Å². The van der Waals surface area contributed by atoms with E-state index in [1.807, 2.05) is 6.07 Å². The average Bonchev–Trinajstić information content (AvgIpc) is 2.71. The van der Waals surface area contributed by atoms with Crippen molar-refractivity contribution in [2.24, 2.45) is 0 Å². The van der Waals surface area contributed by atoms with Crippen molar-refractivity contribution in [2.75, 3.05) is 22.0 Å². The number of carbonyl (C=O) groups excluding carboxylic acids is 1. The van der Waals surface area contributed by atoms with E-state index in [2.05, 4.69) is 31.3 Å². The largest absolute Gasteiger partial charge is 0.492 e. The summed E-state index contributed by atoms with van der Waals surface area (Å²) in [4.78, 5) is 12.3. The summed E-state index contributed by atoms with van der Waals surface area (Å²) in [5, 5.41) is 5.36. The molecule has 0 unspecified atom stereocenters. The Morgan fingerprint density at radius 2 is 1.60 bits per heavy atom. The molecule has 0 bridgehead atoms. The van der Waals surface area contributed by atoms with E-state index in [0.717, 1.165) is 0 Å². The van der Waals surface area contributed by atoms with Gasteiger partial charge >= 0.3 is 6.03 Å². The molecule has 0 aliphatic heterocycles. The number of ether oxygens (including phenoxy) is 1. The lowest BCUT2D eigenvalue weighted by molar-refractivity contribution is 0.262. The highest BCUT2D eigenvalue weighted by Crippen LogP contribution is 2.31. The predicted octanol–water partition coefficient (Wildman–Crippen LogP) is 5.29. The third kappa shape index (κ3) is 5.52. The summed E-state index contributed by atoms with van der Waals surface area (Å²) in [5.41, 5.74) is 1.15. The smallest absolute Gasteiger partial charge is 0.323 e. The van der Waals surface area contributed by atoms with Crippen molar-refractivity contribution in [3.05, 3.63) is 77.3 Å². The molecule has 7 nitrogen and oxygen atoms in total. The van der Waals surface area contributed by atoms with Crippen LogP contribution in [0, 0.1) is 0 Å². The van der Waals surface area contributed by atoms with Gasteiger partial charge < -0.3 is 15.4 Å². The normalized spacial score (nSPS) is 10.9. The van der Waals surface area contributed by atoms with Crippen LogP contribution in [0.3, 0.4) is 0 Å². The van der Waals surface area contributed by atoms with Gasteiger partial charge in [-0.05, 0) is 49.4 Å². The number of hydrogen-bond acceptors (Lipinski definition) is 4. The molecule has 3 N–H and O–H groups in total. The lowest BCUT2D eigenvalue weighted by atomic mass is 10.3. The minimum atomic E-state index is -3.98. The van der Waals surface area contributed by atoms with Gasteiger partial charge in [0.1, 0.15) is 10.6 Å². The molecule has 3 rings (SSSR count). The van der Waals surface area contributed by atoms with Gasteiger partial charge in [-0.1, -0.05) is 46.3 Å². The Morgan fingerprint density at radius 1 is 0.933 bits per heavy atom. The maximum absolute atomic E-state index is 13.0. The Kier molecular flexibility index (Phi) is 6.96. The second-order valence-corrected chi connectivity index (χ2v) is 8.69. The number of benzene rings is 3. The van der Waals surface area contributed by atoms with Crippen LogP contribution in [-0.2, 0) is 10.0 Å². The zero-order chi connectivity index (χ0) is 21.6. The van der Waals surface area contributed by atoms with Gasteiger partial charge in [-0.25, -0.2) is 13.2 Å². The molecule has 0 aliphatic carbocycles. The van der Waals surface area contributed by atoms with E-state index in [9.17, 15) is 13.2 Å². The summed E-state index contributed by atoms with van der Waals surface area (Å²) in [7, 11) is -3.98. The molecule has 30 heavy (non-hydrogen) atoms. The maximum Gasteiger partial charge on any atom is 0.323 e. The Balaban J connectivity index is 1.84. The zero-order valence-electron chi connectivity index (χ0n) is 16.1. The topological polar surface area (TPSA) is 96.5 Å². The van der Waals surface area contributed by atoms with Gasteiger partial charge in [0.25, 0.3) is 10.0 Å². The highest BCUT2D eigenvalue weighted by molar-refractivity contribution is 9.10. The van der Waals surface area contributed by atoms with E-state index in [0.29, 0.717) is 22.5 Å². The number of carbonyl (C=O) groups is 1. The van der Waals surface area contributed by atoms with Crippen molar-refractivity contribution in [3.8, 4) is 5.75 Å². The molecule has 0 atom stereocenters. The minimum Gasteiger partial charge on any atom is -0.492 e. The number of hydrogen-bond donors (Lipinski definition) is 3. The first-order valence-corrected chi connectivity index (χ1v) is 11.3. The fraction of sp³-hybridized carbons (Fsp3) is 0.0952. The van der Waals surface area contributed by atoms with Crippen LogP contribution in [-0.4, -0.2) is 21.1 Å². The number of sulfonamides is 1. The molecule has 0 saturated heterocycles. The van der Waals surface area contributed by atoms with Crippen LogP contribution in [0.4, 0.5) is 21.9 Å². The van der Waals surface area contributed by atoms with Gasteiger partial charge in [0.15, 0.2) is 0 Å². The number of urea groups is 1. The first-order chi connectivity index (χ1) is 14.4. The first-order valence-electron chi connectivity index (χ1n) is 9.06. The molecule has 0 aromatic heterocycles. The molecule has 0 saturated carbocycles. The molecular weight excluding hydrogens is 470 g/mol. The highest BCUT2D eigenvalue weighted by atomic mass is 79.9. The number of anilines is 3. The van der Waals surface area contributed by atoms with E-state index in [1.54, 1.807) is 67.6 Å². The molecular formula is C21H20BrN3O4S. The van der Waals surface area contributed by atoms with Gasteiger partial charge in [0.2, 0.25) is 0 Å². The molecule has 0 heterocycles. The van der Waals surface area contributed by atoms with Gasteiger partial charge in [0.05, 0.1) is 18.0 Å². The van der Waals surface area contributed by atoms with Crippen LogP contribution in [0.2, 0.25) is 0 Å². The van der Waals surface area contributed by atoms with E-state index >= 15 is 0 Å². The lowest BCUT2D eigenvalue weighted by Gasteiger charge is -2.16. The van der Waals surface area contributed by atoms with E-state index in [4.69, 9.17) is 4.74 Å². The van der Waals surface area contributed by atoms with E-state index in [1.165, 1.54) is 6.07 Å². The Morgan fingerprint density at radius 3 is 2.30 bits per heavy atom. The molecule has 0 radical (unpaired) electrons. The number of rotatable bonds is 7. The van der Waals surface area contributed by atoms with Crippen LogP contribution in [0.5, 0.6) is 5.75 Å². The third-order valence-corrected chi connectivity index (χ3v) is 5.83. The van der Waals surface area contributed by atoms with Crippen molar-refractivity contribution in [1.82, 2.24) is 0 Å². The standard InChI is InChI=1S/C21H20BrN3O4S/c1-2-29-19-13-12-15(22)14-20(19)30(27,28)25-18-11-7-6-10-17(18)24-21(26)23-16-8-4-3-5-9-16/h3-14,25H,2H2,1H3,(H2,23,24,26). The summed E-state index contributed by atoms with van der Waals surface area (Å²) < 4.78 is 34.7. The third-order valence-electron chi connectivity index (χ3n) is 3.95. The summed E-state index contributed by atoms with van der Waals surface area (Å²) in [6, 6.07) is 19.7. The zero-order valence-corrected chi connectivity index (χ0v) is 18.5. The summed E-state index contributed by atoms with van der Waals surface area (Å²) in [5.74, 6) is 0.237. The Bertz CT molecular complexity index is 1140. The monoisotopic (exact) mass is 489 g/mol. The van der Waals surface area contributed by atoms with Crippen LogP contribution in [0.25, 0.3) is 0 Å². The average molecular weight is 490 g/mol. The van der Waals surface area contributed by atoms with E-state index < -0.39 is 16.1 Å². The quantitative estimate of drug-likeness (QED) is 0.419. The van der Waals surface area contributed by atoms with Gasteiger partial charge in [-0.3, -0.25) is 4.72 Å². The van der Waals surface area contributed by atoms with Crippen molar-refractivity contribution < 1.29 is 17.9 Å². The molecule has 0 fully saturated rings. The molecule has 2 amide bonds. The fourth-order valence-corrected chi connectivity index (χ4v) is 4.42. The van der Waals surface area contributed by atoms with Crippen LogP contribution >= 0.6 is 15.9 Å². The molecule has 9 heteroatoms. The van der Waals surface area contributed by atoms with Crippen LogP contribution in [0.1, 0.15) is 6.92 Å². The molecule has 0 aliphatic rings. The minimum absolute atomic E-state index is 0.0118. The van der Waals surface area contributed by atoms with Gasteiger partial charge in [-0.2, -0.15) is 0 Å². The Hall–Kier alpha value is -3.04. The molecule has 0 spiro atoms. The lowest BCUT2D eigenvalue weighted by Crippen LogP contribution is -2.21. The second kappa shape index (κ2) is 9.64. The van der Waals surface area contributed by atoms with Gasteiger partial charge in [0, 0.05) is 10.2 Å². The first kappa shape index (κ1) is 21.7. The van der Waals surface area contributed by atoms with Crippen molar-refractivity contribution in [1.29, 1.82) is 0 Å². The predicted molar refractivity (Wildman–Crippen MR) is 122 cm³/mol. The fourth-order valence-electron chi connectivity index (χ4n) is 2.65. The van der Waals surface area contributed by atoms with Crippen LogP contribution in [0.15, 0.2) is 82.2 Å². The molecule has 156 valence electrons.